The molecule has 1 fully saturated rings. The minimum atomic E-state index is 0.142. The van der Waals surface area contributed by atoms with E-state index in [1.807, 2.05) is 0 Å². The van der Waals surface area contributed by atoms with Crippen molar-refractivity contribution < 1.29 is 4.42 Å². The lowest BCUT2D eigenvalue weighted by Crippen LogP contribution is -2.37. The highest BCUT2D eigenvalue weighted by molar-refractivity contribution is 4.97. The average molecular weight is 251 g/mol. The van der Waals surface area contributed by atoms with Crippen LogP contribution < -0.4 is 5.32 Å². The first-order valence-electron chi connectivity index (χ1n) is 7.03. The number of rotatable bonds is 4. The number of hydrogen-bond acceptors (Lipinski definition) is 4. The molecule has 1 N–H and O–H groups in total. The summed E-state index contributed by atoms with van der Waals surface area (Å²) in [6.07, 6.45) is 4.58. The monoisotopic (exact) mass is 251 g/mol. The van der Waals surface area contributed by atoms with E-state index in [0.717, 1.165) is 24.7 Å². The van der Waals surface area contributed by atoms with Crippen molar-refractivity contribution in [2.24, 2.45) is 5.92 Å². The van der Waals surface area contributed by atoms with Gasteiger partial charge in [0.1, 0.15) is 0 Å². The molecule has 1 aromatic rings. The molecule has 2 rings (SSSR count). The lowest BCUT2D eigenvalue weighted by Gasteiger charge is -2.19. The van der Waals surface area contributed by atoms with Crippen LogP contribution in [-0.4, -0.2) is 22.3 Å². The third-order valence-corrected chi connectivity index (χ3v) is 3.66. The van der Waals surface area contributed by atoms with Crippen LogP contribution in [0.3, 0.4) is 0 Å². The fraction of sp³-hybridized carbons (Fsp3) is 0.857. The molecular weight excluding hydrogens is 226 g/mol. The summed E-state index contributed by atoms with van der Waals surface area (Å²) in [6.45, 7) is 9.64. The Hall–Kier alpha value is -0.900. The smallest absolute Gasteiger partial charge is 0.219 e. The molecule has 0 saturated heterocycles. The summed E-state index contributed by atoms with van der Waals surface area (Å²) in [5.74, 6) is 2.79. The molecule has 2 unspecified atom stereocenters. The van der Waals surface area contributed by atoms with Crippen molar-refractivity contribution >= 4 is 0 Å². The third kappa shape index (κ3) is 3.55. The van der Waals surface area contributed by atoms with Gasteiger partial charge < -0.3 is 9.73 Å². The molecule has 0 aliphatic heterocycles. The SMILES string of the molecule is CC1CCCC1c1nnc(CCNC(C)(C)C)o1. The summed E-state index contributed by atoms with van der Waals surface area (Å²) < 4.78 is 5.79. The summed E-state index contributed by atoms with van der Waals surface area (Å²) in [4.78, 5) is 0. The fourth-order valence-electron chi connectivity index (χ4n) is 2.57. The maximum Gasteiger partial charge on any atom is 0.219 e. The summed E-state index contributed by atoms with van der Waals surface area (Å²) in [7, 11) is 0. The Morgan fingerprint density at radius 1 is 1.28 bits per heavy atom. The van der Waals surface area contributed by atoms with E-state index in [0.29, 0.717) is 11.8 Å². The van der Waals surface area contributed by atoms with Crippen LogP contribution >= 0.6 is 0 Å². The van der Waals surface area contributed by atoms with Crippen molar-refractivity contribution in [3.05, 3.63) is 11.8 Å². The first-order chi connectivity index (χ1) is 8.46. The van der Waals surface area contributed by atoms with Gasteiger partial charge in [-0.3, -0.25) is 0 Å². The summed E-state index contributed by atoms with van der Waals surface area (Å²) in [6, 6.07) is 0. The van der Waals surface area contributed by atoms with Gasteiger partial charge in [-0.2, -0.15) is 0 Å². The Labute approximate surface area is 110 Å². The molecule has 1 saturated carbocycles. The van der Waals surface area contributed by atoms with Crippen LogP contribution in [0.1, 0.15) is 64.7 Å². The van der Waals surface area contributed by atoms with Crippen LogP contribution in [0.4, 0.5) is 0 Å². The van der Waals surface area contributed by atoms with Gasteiger partial charge in [-0.25, -0.2) is 0 Å². The largest absolute Gasteiger partial charge is 0.425 e. The Balaban J connectivity index is 1.86. The maximum atomic E-state index is 5.79. The van der Waals surface area contributed by atoms with E-state index in [1.54, 1.807) is 0 Å². The second kappa shape index (κ2) is 5.39. The highest BCUT2D eigenvalue weighted by atomic mass is 16.4. The van der Waals surface area contributed by atoms with Gasteiger partial charge in [-0.1, -0.05) is 13.3 Å². The van der Waals surface area contributed by atoms with Gasteiger partial charge in [0.2, 0.25) is 11.8 Å². The molecule has 1 aliphatic rings. The normalized spacial score (nSPS) is 24.7. The van der Waals surface area contributed by atoms with E-state index < -0.39 is 0 Å². The molecule has 1 heterocycles. The minimum absolute atomic E-state index is 0.142. The lowest BCUT2D eigenvalue weighted by atomic mass is 9.98. The average Bonchev–Trinajstić information content (AvgIpc) is 2.84. The second-order valence-electron chi connectivity index (χ2n) is 6.48. The van der Waals surface area contributed by atoms with Crippen molar-refractivity contribution in [2.45, 2.75) is 64.8 Å². The van der Waals surface area contributed by atoms with E-state index in [9.17, 15) is 0 Å². The topological polar surface area (TPSA) is 51.0 Å². The van der Waals surface area contributed by atoms with Gasteiger partial charge in [-0.15, -0.1) is 10.2 Å². The lowest BCUT2D eigenvalue weighted by molar-refractivity contribution is 0.369. The van der Waals surface area contributed by atoms with Gasteiger partial charge in [0.05, 0.1) is 0 Å². The van der Waals surface area contributed by atoms with E-state index in [1.165, 1.54) is 19.3 Å². The molecule has 102 valence electrons. The van der Waals surface area contributed by atoms with Gasteiger partial charge in [-0.05, 0) is 39.5 Å². The molecule has 4 nitrogen and oxygen atoms in total. The van der Waals surface area contributed by atoms with Crippen LogP contribution in [0.15, 0.2) is 4.42 Å². The number of aromatic nitrogens is 2. The highest BCUT2D eigenvalue weighted by Gasteiger charge is 2.29. The molecular formula is C14H25N3O. The zero-order chi connectivity index (χ0) is 13.2. The Kier molecular flexibility index (Phi) is 4.05. The predicted molar refractivity (Wildman–Crippen MR) is 71.5 cm³/mol. The standard InChI is InChI=1S/C14H25N3O/c1-10-6-5-7-11(10)13-17-16-12(18-13)8-9-15-14(2,3)4/h10-11,15H,5-9H2,1-4H3. The van der Waals surface area contributed by atoms with Crippen LogP contribution in [0.25, 0.3) is 0 Å². The maximum absolute atomic E-state index is 5.79. The van der Waals surface area contributed by atoms with Gasteiger partial charge in [0.15, 0.2) is 0 Å². The number of hydrogen-bond donors (Lipinski definition) is 1. The van der Waals surface area contributed by atoms with Crippen molar-refractivity contribution in [3.63, 3.8) is 0 Å². The molecule has 2 atom stereocenters. The van der Waals surface area contributed by atoms with Crippen molar-refractivity contribution in [2.75, 3.05) is 6.54 Å². The molecule has 0 bridgehead atoms. The van der Waals surface area contributed by atoms with Crippen LogP contribution in [0.5, 0.6) is 0 Å². The fourth-order valence-corrected chi connectivity index (χ4v) is 2.57. The third-order valence-electron chi connectivity index (χ3n) is 3.66. The van der Waals surface area contributed by atoms with E-state index in [-0.39, 0.29) is 5.54 Å². The number of nitrogens with one attached hydrogen (secondary N) is 1. The Morgan fingerprint density at radius 2 is 2.06 bits per heavy atom. The highest BCUT2D eigenvalue weighted by Crippen LogP contribution is 2.38. The molecule has 0 spiro atoms. The predicted octanol–water partition coefficient (Wildman–Crippen LogP) is 2.90. The van der Waals surface area contributed by atoms with Crippen LogP contribution in [0, 0.1) is 5.92 Å². The molecule has 0 aromatic carbocycles. The number of nitrogens with zero attached hydrogens (tertiary/aromatic N) is 2. The molecule has 1 aromatic heterocycles. The first kappa shape index (κ1) is 13.5. The van der Waals surface area contributed by atoms with Crippen molar-refractivity contribution in [1.82, 2.24) is 15.5 Å². The van der Waals surface area contributed by atoms with Crippen LogP contribution in [-0.2, 0) is 6.42 Å². The molecule has 0 radical (unpaired) electrons. The van der Waals surface area contributed by atoms with Gasteiger partial charge >= 0.3 is 0 Å². The molecule has 1 aliphatic carbocycles. The van der Waals surface area contributed by atoms with Crippen LogP contribution in [0.2, 0.25) is 0 Å². The summed E-state index contributed by atoms with van der Waals surface area (Å²) in [5, 5.41) is 11.8. The van der Waals surface area contributed by atoms with Gasteiger partial charge in [0, 0.05) is 24.4 Å². The van der Waals surface area contributed by atoms with E-state index >= 15 is 0 Å². The molecule has 4 heteroatoms. The quantitative estimate of drug-likeness (QED) is 0.894. The molecule has 0 amide bonds. The first-order valence-corrected chi connectivity index (χ1v) is 7.03. The Bertz CT molecular complexity index is 381. The minimum Gasteiger partial charge on any atom is -0.425 e. The van der Waals surface area contributed by atoms with Crippen molar-refractivity contribution in [1.29, 1.82) is 0 Å². The van der Waals surface area contributed by atoms with Crippen molar-refractivity contribution in [3.8, 4) is 0 Å². The zero-order valence-electron chi connectivity index (χ0n) is 12.0. The summed E-state index contributed by atoms with van der Waals surface area (Å²) >= 11 is 0. The zero-order valence-corrected chi connectivity index (χ0v) is 12.0. The Morgan fingerprint density at radius 3 is 2.67 bits per heavy atom. The van der Waals surface area contributed by atoms with Gasteiger partial charge in [0.25, 0.3) is 0 Å². The van der Waals surface area contributed by atoms with E-state index in [4.69, 9.17) is 4.42 Å². The van der Waals surface area contributed by atoms with E-state index in [2.05, 4.69) is 43.2 Å². The molecule has 18 heavy (non-hydrogen) atoms. The summed E-state index contributed by atoms with van der Waals surface area (Å²) in [5.41, 5.74) is 0.142. The second-order valence-corrected chi connectivity index (χ2v) is 6.48.